The average Bonchev–Trinajstić information content (AvgIpc) is 2.75. The van der Waals surface area contributed by atoms with E-state index in [1.165, 1.54) is 0 Å². The van der Waals surface area contributed by atoms with Gasteiger partial charge in [-0.1, -0.05) is 42.3 Å². The summed E-state index contributed by atoms with van der Waals surface area (Å²) in [5.41, 5.74) is 2.49. The molecule has 0 fully saturated rings. The number of nitrogens with zero attached hydrogens (tertiary/aromatic N) is 1. The van der Waals surface area contributed by atoms with E-state index in [1.54, 1.807) is 37.3 Å². The van der Waals surface area contributed by atoms with Crippen molar-refractivity contribution >= 4 is 35.1 Å². The SMILES string of the molecule is CC[C@H](NC(=O)c1c(Cl)cc2c(c1Cl)CCN(CCC(O)c1cccc(O)c1)C2)C(=O)O. The number of hydrogen-bond donors (Lipinski definition) is 4. The summed E-state index contributed by atoms with van der Waals surface area (Å²) in [4.78, 5) is 26.0. The first-order valence-corrected chi connectivity index (χ1v) is 11.2. The summed E-state index contributed by atoms with van der Waals surface area (Å²) in [6, 6.07) is 7.27. The molecule has 0 aliphatic carbocycles. The number of phenols is 1. The predicted molar refractivity (Wildman–Crippen MR) is 122 cm³/mol. The number of carboxylic acids is 1. The highest BCUT2D eigenvalue weighted by atomic mass is 35.5. The van der Waals surface area contributed by atoms with Crippen molar-refractivity contribution in [3.8, 4) is 5.75 Å². The minimum atomic E-state index is -1.12. The van der Waals surface area contributed by atoms with Gasteiger partial charge in [0.2, 0.25) is 0 Å². The molecule has 2 atom stereocenters. The van der Waals surface area contributed by atoms with Crippen molar-refractivity contribution < 1.29 is 24.9 Å². The molecule has 1 heterocycles. The highest BCUT2D eigenvalue weighted by Gasteiger charge is 2.27. The number of nitrogens with one attached hydrogen (secondary N) is 1. The van der Waals surface area contributed by atoms with Crippen molar-refractivity contribution in [1.82, 2.24) is 10.2 Å². The number of rotatable bonds is 8. The Morgan fingerprint density at radius 3 is 2.66 bits per heavy atom. The average molecular weight is 481 g/mol. The summed E-state index contributed by atoms with van der Waals surface area (Å²) < 4.78 is 0. The molecule has 1 unspecified atom stereocenters. The first-order chi connectivity index (χ1) is 15.2. The molecule has 1 aliphatic heterocycles. The fourth-order valence-corrected chi connectivity index (χ4v) is 4.65. The summed E-state index contributed by atoms with van der Waals surface area (Å²) in [6.07, 6.45) is 0.644. The van der Waals surface area contributed by atoms with Crippen LogP contribution in [-0.4, -0.2) is 51.2 Å². The highest BCUT2D eigenvalue weighted by Crippen LogP contribution is 2.35. The molecule has 172 valence electrons. The fourth-order valence-electron chi connectivity index (χ4n) is 3.88. The van der Waals surface area contributed by atoms with Gasteiger partial charge >= 0.3 is 5.97 Å². The minimum Gasteiger partial charge on any atom is -0.508 e. The van der Waals surface area contributed by atoms with E-state index in [0.29, 0.717) is 38.0 Å². The van der Waals surface area contributed by atoms with Crippen molar-refractivity contribution in [2.24, 2.45) is 0 Å². The van der Waals surface area contributed by atoms with Gasteiger partial charge in [0, 0.05) is 19.6 Å². The second kappa shape index (κ2) is 10.5. The summed E-state index contributed by atoms with van der Waals surface area (Å²) in [5.74, 6) is -1.60. The third-order valence-corrected chi connectivity index (χ3v) is 6.41. The number of benzene rings is 2. The summed E-state index contributed by atoms with van der Waals surface area (Å²) >= 11 is 12.9. The standard InChI is InChI=1S/C23H26Cl2N2O5/c1-2-18(23(31)32)26-22(30)20-17(24)11-14-12-27(8-6-16(14)21(20)25)9-7-19(29)13-4-3-5-15(28)10-13/h3-5,10-11,18-19,28-29H,2,6-9,12H2,1H3,(H,26,30)(H,31,32)/t18-,19?/m0/s1. The number of phenolic OH excluding ortho intramolecular Hbond substituents is 1. The molecule has 2 aromatic carbocycles. The molecule has 0 bridgehead atoms. The summed E-state index contributed by atoms with van der Waals surface area (Å²) in [5, 5.41) is 32.1. The van der Waals surface area contributed by atoms with Crippen LogP contribution in [0.4, 0.5) is 0 Å². The Balaban J connectivity index is 1.69. The lowest BCUT2D eigenvalue weighted by Gasteiger charge is -2.31. The second-order valence-electron chi connectivity index (χ2n) is 7.88. The quantitative estimate of drug-likeness (QED) is 0.457. The molecule has 4 N–H and O–H groups in total. The zero-order valence-corrected chi connectivity index (χ0v) is 19.2. The highest BCUT2D eigenvalue weighted by molar-refractivity contribution is 6.40. The molecule has 32 heavy (non-hydrogen) atoms. The van der Waals surface area contributed by atoms with Crippen molar-refractivity contribution in [3.05, 3.63) is 62.6 Å². The van der Waals surface area contributed by atoms with Gasteiger partial charge in [0.25, 0.3) is 5.91 Å². The molecular formula is C23H26Cl2N2O5. The molecule has 1 aliphatic rings. The van der Waals surface area contributed by atoms with Crippen LogP contribution < -0.4 is 5.32 Å². The van der Waals surface area contributed by atoms with Crippen LogP contribution in [0.5, 0.6) is 5.75 Å². The maximum atomic E-state index is 12.6. The van der Waals surface area contributed by atoms with E-state index >= 15 is 0 Å². The van der Waals surface area contributed by atoms with Gasteiger partial charge in [0.15, 0.2) is 0 Å². The first kappa shape index (κ1) is 24.3. The maximum Gasteiger partial charge on any atom is 0.326 e. The van der Waals surface area contributed by atoms with Gasteiger partial charge < -0.3 is 20.6 Å². The Kier molecular flexibility index (Phi) is 8.00. The lowest BCUT2D eigenvalue weighted by Crippen LogP contribution is -2.40. The predicted octanol–water partition coefficient (Wildman–Crippen LogP) is 3.77. The van der Waals surface area contributed by atoms with Crippen molar-refractivity contribution in [2.75, 3.05) is 13.1 Å². The van der Waals surface area contributed by atoms with E-state index in [-0.39, 0.29) is 27.8 Å². The van der Waals surface area contributed by atoms with Crippen molar-refractivity contribution in [1.29, 1.82) is 0 Å². The normalized spacial score (nSPS) is 15.6. The van der Waals surface area contributed by atoms with Crippen LogP contribution in [0.1, 0.15) is 52.9 Å². The maximum absolute atomic E-state index is 12.6. The van der Waals surface area contributed by atoms with Crippen LogP contribution in [0.15, 0.2) is 30.3 Å². The van der Waals surface area contributed by atoms with Gasteiger partial charge in [-0.25, -0.2) is 4.79 Å². The van der Waals surface area contributed by atoms with Gasteiger partial charge in [0.1, 0.15) is 11.8 Å². The zero-order chi connectivity index (χ0) is 23.4. The number of aliphatic hydroxyl groups is 1. The summed E-state index contributed by atoms with van der Waals surface area (Å²) in [7, 11) is 0. The van der Waals surface area contributed by atoms with Crippen LogP contribution in [0.2, 0.25) is 10.0 Å². The number of aliphatic hydroxyl groups excluding tert-OH is 1. The van der Waals surface area contributed by atoms with Gasteiger partial charge in [-0.2, -0.15) is 0 Å². The molecular weight excluding hydrogens is 455 g/mol. The van der Waals surface area contributed by atoms with E-state index in [2.05, 4.69) is 10.2 Å². The van der Waals surface area contributed by atoms with E-state index in [0.717, 1.165) is 11.1 Å². The number of carboxylic acid groups (broad SMARTS) is 1. The summed E-state index contributed by atoms with van der Waals surface area (Å²) in [6.45, 7) is 3.55. The molecule has 0 saturated carbocycles. The van der Waals surface area contributed by atoms with Crippen LogP contribution in [0, 0.1) is 0 Å². The van der Waals surface area contributed by atoms with Gasteiger partial charge in [-0.3, -0.25) is 9.69 Å². The third-order valence-electron chi connectivity index (χ3n) is 5.70. The Bertz CT molecular complexity index is 1010. The number of fused-ring (bicyclic) bond motifs is 1. The van der Waals surface area contributed by atoms with Crippen LogP contribution >= 0.6 is 23.2 Å². The number of halogens is 2. The minimum absolute atomic E-state index is 0.0968. The van der Waals surface area contributed by atoms with E-state index in [9.17, 15) is 24.9 Å². The number of carbonyl (C=O) groups excluding carboxylic acids is 1. The van der Waals surface area contributed by atoms with E-state index < -0.39 is 24.0 Å². The number of hydrogen-bond acceptors (Lipinski definition) is 5. The largest absolute Gasteiger partial charge is 0.508 e. The molecule has 3 rings (SSSR count). The third kappa shape index (κ3) is 5.53. The van der Waals surface area contributed by atoms with Gasteiger partial charge in [-0.05, 0) is 54.2 Å². The zero-order valence-electron chi connectivity index (χ0n) is 17.6. The topological polar surface area (TPSA) is 110 Å². The monoisotopic (exact) mass is 480 g/mol. The first-order valence-electron chi connectivity index (χ1n) is 10.4. The lowest BCUT2D eigenvalue weighted by molar-refractivity contribution is -0.139. The Labute approximate surface area is 196 Å². The van der Waals surface area contributed by atoms with Crippen molar-refractivity contribution in [3.63, 3.8) is 0 Å². The van der Waals surface area contributed by atoms with Crippen LogP contribution in [0.3, 0.4) is 0 Å². The van der Waals surface area contributed by atoms with Gasteiger partial charge in [-0.15, -0.1) is 0 Å². The molecule has 0 spiro atoms. The smallest absolute Gasteiger partial charge is 0.326 e. The number of carbonyl (C=O) groups is 2. The van der Waals surface area contributed by atoms with Crippen LogP contribution in [0.25, 0.3) is 0 Å². The fraction of sp³-hybridized carbons (Fsp3) is 0.391. The van der Waals surface area contributed by atoms with E-state index in [1.807, 2.05) is 0 Å². The molecule has 1 amide bonds. The second-order valence-corrected chi connectivity index (χ2v) is 8.67. The molecule has 0 aromatic heterocycles. The molecule has 9 heteroatoms. The molecule has 2 aromatic rings. The number of amides is 1. The van der Waals surface area contributed by atoms with Crippen molar-refractivity contribution in [2.45, 2.75) is 44.9 Å². The molecule has 7 nitrogen and oxygen atoms in total. The van der Waals surface area contributed by atoms with Gasteiger partial charge in [0.05, 0.1) is 21.7 Å². The number of aliphatic carboxylic acids is 1. The number of aromatic hydroxyl groups is 1. The lowest BCUT2D eigenvalue weighted by atomic mass is 9.96. The van der Waals surface area contributed by atoms with Crippen LogP contribution in [-0.2, 0) is 17.8 Å². The van der Waals surface area contributed by atoms with E-state index in [4.69, 9.17) is 23.2 Å². The Hall–Kier alpha value is -2.32. The Morgan fingerprint density at radius 1 is 1.25 bits per heavy atom. The molecule has 0 radical (unpaired) electrons. The molecule has 0 saturated heterocycles. The Morgan fingerprint density at radius 2 is 2.00 bits per heavy atom.